The number of H-pyrrole nitrogens is 1. The molecule has 5 heteroatoms. The molecule has 0 saturated heterocycles. The number of carbonyl (C=O) groups is 2. The first-order valence-corrected chi connectivity index (χ1v) is 9.91. The number of hydrogen-bond acceptors (Lipinski definition) is 4. The molecule has 0 spiro atoms. The van der Waals surface area contributed by atoms with E-state index in [0.717, 1.165) is 36.9 Å². The molecule has 2 aromatic heterocycles. The van der Waals surface area contributed by atoms with Crippen molar-refractivity contribution in [1.82, 2.24) is 4.98 Å². The van der Waals surface area contributed by atoms with Gasteiger partial charge in [0.2, 0.25) is 0 Å². The molecule has 2 aromatic rings. The van der Waals surface area contributed by atoms with E-state index in [9.17, 15) is 9.59 Å². The van der Waals surface area contributed by atoms with Crippen LogP contribution in [-0.4, -0.2) is 22.8 Å². The van der Waals surface area contributed by atoms with E-state index in [1.807, 2.05) is 18.4 Å². The number of thiophene rings is 1. The lowest BCUT2D eigenvalue weighted by Gasteiger charge is -2.20. The van der Waals surface area contributed by atoms with Crippen molar-refractivity contribution < 1.29 is 14.3 Å². The Balaban J connectivity index is 1.59. The second-order valence-corrected chi connectivity index (χ2v) is 8.35. The third-order valence-electron chi connectivity index (χ3n) is 5.68. The van der Waals surface area contributed by atoms with E-state index >= 15 is 0 Å². The average Bonchev–Trinajstić information content (AvgIpc) is 3.29. The van der Waals surface area contributed by atoms with Crippen LogP contribution in [0.5, 0.6) is 0 Å². The highest BCUT2D eigenvalue weighted by molar-refractivity contribution is 7.10. The molecule has 0 amide bonds. The molecule has 0 bridgehead atoms. The highest BCUT2D eigenvalue weighted by Gasteiger charge is 2.34. The number of nitrogens with one attached hydrogen (secondary N) is 1. The molecule has 1 fully saturated rings. The van der Waals surface area contributed by atoms with Crippen LogP contribution in [0.4, 0.5) is 0 Å². The molecule has 0 unspecified atom stereocenters. The number of Topliss-reactive ketones (excluding diaryl/α,β-unsaturated/α-hetero) is 1. The number of hydrogen-bond donors (Lipinski definition) is 1. The molecule has 1 N–H and O–H groups in total. The molecule has 132 valence electrons. The zero-order valence-electron chi connectivity index (χ0n) is 14.6. The van der Waals surface area contributed by atoms with Gasteiger partial charge in [0.25, 0.3) is 0 Å². The first-order valence-electron chi connectivity index (χ1n) is 9.03. The lowest BCUT2D eigenvalue weighted by molar-refractivity contribution is 0.0219. The number of aromatic nitrogens is 1. The Morgan fingerprint density at radius 3 is 2.84 bits per heavy atom. The minimum atomic E-state index is -0.314. The van der Waals surface area contributed by atoms with Crippen LogP contribution in [0.15, 0.2) is 17.5 Å². The van der Waals surface area contributed by atoms with Gasteiger partial charge in [0.05, 0.1) is 0 Å². The quantitative estimate of drug-likeness (QED) is 0.814. The number of aromatic amines is 1. The van der Waals surface area contributed by atoms with Crippen molar-refractivity contribution in [3.05, 3.63) is 44.9 Å². The van der Waals surface area contributed by atoms with Crippen LogP contribution >= 0.6 is 11.3 Å². The van der Waals surface area contributed by atoms with Crippen LogP contribution in [0, 0.1) is 12.8 Å². The van der Waals surface area contributed by atoms with Gasteiger partial charge in [-0.15, -0.1) is 11.3 Å². The fourth-order valence-corrected chi connectivity index (χ4v) is 5.08. The maximum Gasteiger partial charge on any atom is 0.355 e. The van der Waals surface area contributed by atoms with Gasteiger partial charge in [0.15, 0.2) is 5.78 Å². The second kappa shape index (κ2) is 6.45. The molecular formula is C20H23NO3S. The number of ketones is 1. The molecular weight excluding hydrogens is 334 g/mol. The molecule has 2 heterocycles. The standard InChI is InChI=1S/C20H23NO3S/c1-11-5-3-6-16(11)24-20(23)19-12(2)18-14(21-19)9-13(10-15(18)22)17-7-4-8-25-17/h4,7-8,11,13,16,21H,3,5-6,9-10H2,1-2H3/t11-,13-,16-/m1/s1. The van der Waals surface area contributed by atoms with Crippen molar-refractivity contribution in [3.63, 3.8) is 0 Å². The third kappa shape index (κ3) is 2.95. The Kier molecular flexibility index (Phi) is 4.28. The molecule has 4 rings (SSSR count). The SMILES string of the molecule is Cc1c(C(=O)O[C@@H]2CCC[C@H]2C)[nH]c2c1C(=O)C[C@H](c1cccs1)C2. The lowest BCUT2D eigenvalue weighted by Crippen LogP contribution is -2.21. The maximum absolute atomic E-state index is 12.7. The fraction of sp³-hybridized carbons (Fsp3) is 0.500. The zero-order valence-corrected chi connectivity index (χ0v) is 15.4. The summed E-state index contributed by atoms with van der Waals surface area (Å²) >= 11 is 1.69. The van der Waals surface area contributed by atoms with Crippen LogP contribution < -0.4 is 0 Å². The minimum absolute atomic E-state index is 0.00166. The first-order chi connectivity index (χ1) is 12.0. The Labute approximate surface area is 151 Å². The third-order valence-corrected chi connectivity index (χ3v) is 6.71. The summed E-state index contributed by atoms with van der Waals surface area (Å²) in [5.41, 5.74) is 2.81. The molecule has 0 aromatic carbocycles. The summed E-state index contributed by atoms with van der Waals surface area (Å²) in [5, 5.41) is 2.04. The summed E-state index contributed by atoms with van der Waals surface area (Å²) in [4.78, 5) is 29.8. The van der Waals surface area contributed by atoms with Crippen molar-refractivity contribution in [3.8, 4) is 0 Å². The van der Waals surface area contributed by atoms with Crippen LogP contribution in [0.1, 0.15) is 75.5 Å². The van der Waals surface area contributed by atoms with Crippen LogP contribution in [0.25, 0.3) is 0 Å². The predicted octanol–water partition coefficient (Wildman–Crippen LogP) is 4.64. The van der Waals surface area contributed by atoms with Gasteiger partial charge in [-0.1, -0.05) is 13.0 Å². The molecule has 1 saturated carbocycles. The van der Waals surface area contributed by atoms with E-state index in [2.05, 4.69) is 18.0 Å². The smallest absolute Gasteiger partial charge is 0.355 e. The van der Waals surface area contributed by atoms with Gasteiger partial charge >= 0.3 is 5.97 Å². The Bertz CT molecular complexity index is 805. The topological polar surface area (TPSA) is 59.2 Å². The summed E-state index contributed by atoms with van der Waals surface area (Å²) < 4.78 is 5.72. The predicted molar refractivity (Wildman–Crippen MR) is 97.5 cm³/mol. The average molecular weight is 357 g/mol. The maximum atomic E-state index is 12.7. The number of esters is 1. The monoisotopic (exact) mass is 357 g/mol. The number of ether oxygens (including phenoxy) is 1. The highest BCUT2D eigenvalue weighted by Crippen LogP contribution is 2.37. The van der Waals surface area contributed by atoms with Crippen LogP contribution in [-0.2, 0) is 11.2 Å². The van der Waals surface area contributed by atoms with E-state index < -0.39 is 0 Å². The van der Waals surface area contributed by atoms with Crippen molar-refractivity contribution in [2.75, 3.05) is 0 Å². The zero-order chi connectivity index (χ0) is 17.6. The van der Waals surface area contributed by atoms with E-state index in [-0.39, 0.29) is 23.8 Å². The van der Waals surface area contributed by atoms with E-state index in [0.29, 0.717) is 23.6 Å². The van der Waals surface area contributed by atoms with Crippen molar-refractivity contribution in [1.29, 1.82) is 0 Å². The first kappa shape index (κ1) is 16.6. The summed E-state index contributed by atoms with van der Waals surface area (Å²) in [7, 11) is 0. The summed E-state index contributed by atoms with van der Waals surface area (Å²) in [5.74, 6) is 0.434. The molecule has 3 atom stereocenters. The van der Waals surface area contributed by atoms with Gasteiger partial charge in [-0.25, -0.2) is 4.79 Å². The van der Waals surface area contributed by atoms with E-state index in [4.69, 9.17) is 4.74 Å². The van der Waals surface area contributed by atoms with E-state index in [1.54, 1.807) is 11.3 Å². The molecule has 25 heavy (non-hydrogen) atoms. The largest absolute Gasteiger partial charge is 0.457 e. The summed E-state index contributed by atoms with van der Waals surface area (Å²) in [6.07, 6.45) is 4.45. The van der Waals surface area contributed by atoms with Crippen LogP contribution in [0.2, 0.25) is 0 Å². The highest BCUT2D eigenvalue weighted by atomic mass is 32.1. The Hall–Kier alpha value is -1.88. The van der Waals surface area contributed by atoms with Crippen molar-refractivity contribution >= 4 is 23.1 Å². The molecule has 0 radical (unpaired) electrons. The summed E-state index contributed by atoms with van der Waals surface area (Å²) in [6.45, 7) is 3.99. The molecule has 2 aliphatic rings. The Morgan fingerprint density at radius 1 is 1.32 bits per heavy atom. The number of fused-ring (bicyclic) bond motifs is 1. The normalized spacial score (nSPS) is 25.8. The van der Waals surface area contributed by atoms with Gasteiger partial charge in [0.1, 0.15) is 11.8 Å². The Morgan fingerprint density at radius 2 is 2.16 bits per heavy atom. The van der Waals surface area contributed by atoms with Crippen molar-refractivity contribution in [2.24, 2.45) is 5.92 Å². The lowest BCUT2D eigenvalue weighted by atomic mass is 9.84. The van der Waals surface area contributed by atoms with Gasteiger partial charge in [-0.05, 0) is 55.5 Å². The summed E-state index contributed by atoms with van der Waals surface area (Å²) in [6, 6.07) is 4.10. The fourth-order valence-electron chi connectivity index (χ4n) is 4.25. The molecule has 0 aliphatic heterocycles. The number of rotatable bonds is 3. The van der Waals surface area contributed by atoms with Crippen molar-refractivity contribution in [2.45, 2.75) is 58.0 Å². The second-order valence-electron chi connectivity index (χ2n) is 7.37. The van der Waals surface area contributed by atoms with Gasteiger partial charge < -0.3 is 9.72 Å². The van der Waals surface area contributed by atoms with Gasteiger partial charge in [-0.3, -0.25) is 4.79 Å². The molecule has 2 aliphatic carbocycles. The van der Waals surface area contributed by atoms with Gasteiger partial charge in [0, 0.05) is 28.5 Å². The van der Waals surface area contributed by atoms with E-state index in [1.165, 1.54) is 4.88 Å². The minimum Gasteiger partial charge on any atom is -0.457 e. The number of carbonyl (C=O) groups excluding carboxylic acids is 2. The van der Waals surface area contributed by atoms with Gasteiger partial charge in [-0.2, -0.15) is 0 Å². The molecule has 4 nitrogen and oxygen atoms in total. The van der Waals surface area contributed by atoms with Crippen LogP contribution in [0.3, 0.4) is 0 Å².